The standard InChI is InChI=1S/C23H24FN3O2.ClH/c24-19-8-6-17(10-12-25)14-18(19)23(28)27-13-11-21-20(15-27)26-22(29-21)9-7-16-4-2-1-3-5-16;/h1-6,8,14H,7,9-13,15,25H2;1H. The van der Waals surface area contributed by atoms with Gasteiger partial charge >= 0.3 is 0 Å². The lowest BCUT2D eigenvalue weighted by Crippen LogP contribution is -2.36. The molecule has 4 rings (SSSR count). The molecule has 30 heavy (non-hydrogen) atoms. The third-order valence-corrected chi connectivity index (χ3v) is 5.22. The molecule has 0 bridgehead atoms. The van der Waals surface area contributed by atoms with Crippen LogP contribution < -0.4 is 5.73 Å². The molecule has 0 atom stereocenters. The molecule has 2 N–H and O–H groups in total. The van der Waals surface area contributed by atoms with Crippen LogP contribution in [0.15, 0.2) is 52.9 Å². The Morgan fingerprint density at radius 2 is 1.90 bits per heavy atom. The molecule has 1 aliphatic rings. The van der Waals surface area contributed by atoms with Gasteiger partial charge in [0.15, 0.2) is 5.89 Å². The van der Waals surface area contributed by atoms with Gasteiger partial charge in [0, 0.05) is 19.4 Å². The Bertz CT molecular complexity index is 1010. The topological polar surface area (TPSA) is 72.4 Å². The lowest BCUT2D eigenvalue weighted by atomic mass is 10.1. The number of nitrogens with two attached hydrogens (primary N) is 1. The lowest BCUT2D eigenvalue weighted by Gasteiger charge is -2.25. The molecule has 2 aromatic carbocycles. The summed E-state index contributed by atoms with van der Waals surface area (Å²) in [6, 6.07) is 14.8. The number of oxazole rings is 1. The van der Waals surface area contributed by atoms with E-state index in [1.807, 2.05) is 18.2 Å². The van der Waals surface area contributed by atoms with Crippen LogP contribution in [0.3, 0.4) is 0 Å². The Morgan fingerprint density at radius 3 is 2.67 bits per heavy atom. The van der Waals surface area contributed by atoms with Gasteiger partial charge in [0.05, 0.1) is 12.1 Å². The van der Waals surface area contributed by atoms with E-state index in [0.717, 1.165) is 23.4 Å². The van der Waals surface area contributed by atoms with Gasteiger partial charge in [0.1, 0.15) is 17.3 Å². The van der Waals surface area contributed by atoms with Crippen molar-refractivity contribution in [1.29, 1.82) is 0 Å². The number of carbonyl (C=O) groups excluding carboxylic acids is 1. The SMILES string of the molecule is Cl.NCCc1ccc(F)c(C(=O)N2CCc3oc(CCc4ccccc4)nc3C2)c1. The molecule has 0 aliphatic carbocycles. The predicted molar refractivity (Wildman–Crippen MR) is 115 cm³/mol. The monoisotopic (exact) mass is 429 g/mol. The molecular formula is C23H25ClFN3O2. The molecule has 7 heteroatoms. The first-order valence-corrected chi connectivity index (χ1v) is 9.93. The van der Waals surface area contributed by atoms with Crippen molar-refractivity contribution in [2.45, 2.75) is 32.2 Å². The second-order valence-corrected chi connectivity index (χ2v) is 7.29. The molecule has 1 aromatic heterocycles. The molecule has 1 aliphatic heterocycles. The fourth-order valence-corrected chi connectivity index (χ4v) is 3.66. The molecule has 158 valence electrons. The summed E-state index contributed by atoms with van der Waals surface area (Å²) in [4.78, 5) is 19.1. The Hall–Kier alpha value is -2.70. The zero-order valence-electron chi connectivity index (χ0n) is 16.6. The van der Waals surface area contributed by atoms with Crippen molar-refractivity contribution in [3.8, 4) is 0 Å². The van der Waals surface area contributed by atoms with Crippen molar-refractivity contribution in [3.05, 3.63) is 88.4 Å². The average molecular weight is 430 g/mol. The summed E-state index contributed by atoms with van der Waals surface area (Å²) in [5.74, 6) is 0.685. The van der Waals surface area contributed by atoms with E-state index in [4.69, 9.17) is 10.2 Å². The van der Waals surface area contributed by atoms with E-state index in [2.05, 4.69) is 17.1 Å². The third-order valence-electron chi connectivity index (χ3n) is 5.22. The Labute approximate surface area is 181 Å². The van der Waals surface area contributed by atoms with E-state index in [0.29, 0.717) is 44.8 Å². The highest BCUT2D eigenvalue weighted by atomic mass is 35.5. The second-order valence-electron chi connectivity index (χ2n) is 7.29. The molecule has 3 aromatic rings. The maximum atomic E-state index is 14.3. The van der Waals surface area contributed by atoms with Crippen LogP contribution in [0.25, 0.3) is 0 Å². The van der Waals surface area contributed by atoms with Crippen LogP contribution in [0.4, 0.5) is 4.39 Å². The van der Waals surface area contributed by atoms with Gasteiger partial charge in [-0.05, 0) is 42.6 Å². The zero-order valence-corrected chi connectivity index (χ0v) is 17.5. The summed E-state index contributed by atoms with van der Waals surface area (Å²) in [6.45, 7) is 1.28. The van der Waals surface area contributed by atoms with Crippen molar-refractivity contribution < 1.29 is 13.6 Å². The third kappa shape index (κ3) is 4.89. The van der Waals surface area contributed by atoms with Gasteiger partial charge in [-0.1, -0.05) is 36.4 Å². The summed E-state index contributed by atoms with van der Waals surface area (Å²) in [5, 5.41) is 0. The number of carbonyl (C=O) groups is 1. The number of benzene rings is 2. The number of aromatic nitrogens is 1. The summed E-state index contributed by atoms with van der Waals surface area (Å²) in [5.41, 5.74) is 8.53. The number of nitrogens with zero attached hydrogens (tertiary/aromatic N) is 2. The summed E-state index contributed by atoms with van der Waals surface area (Å²) >= 11 is 0. The van der Waals surface area contributed by atoms with Gasteiger partial charge in [0.25, 0.3) is 5.91 Å². The van der Waals surface area contributed by atoms with Crippen LogP contribution >= 0.6 is 12.4 Å². The van der Waals surface area contributed by atoms with Crippen LogP contribution in [-0.2, 0) is 32.2 Å². The van der Waals surface area contributed by atoms with E-state index in [-0.39, 0.29) is 23.9 Å². The highest BCUT2D eigenvalue weighted by Gasteiger charge is 2.27. The highest BCUT2D eigenvalue weighted by Crippen LogP contribution is 2.23. The largest absolute Gasteiger partial charge is 0.445 e. The number of rotatable bonds is 6. The maximum absolute atomic E-state index is 14.3. The second kappa shape index (κ2) is 9.87. The first-order chi connectivity index (χ1) is 14.1. The number of hydrogen-bond acceptors (Lipinski definition) is 4. The number of amides is 1. The summed E-state index contributed by atoms with van der Waals surface area (Å²) in [6.07, 6.45) is 2.75. The maximum Gasteiger partial charge on any atom is 0.257 e. The molecule has 2 heterocycles. The minimum atomic E-state index is -0.509. The van der Waals surface area contributed by atoms with E-state index in [9.17, 15) is 9.18 Å². The molecular weight excluding hydrogens is 405 g/mol. The Balaban J connectivity index is 0.00000256. The molecule has 0 radical (unpaired) electrons. The fourth-order valence-electron chi connectivity index (χ4n) is 3.66. The first kappa shape index (κ1) is 22.0. The molecule has 0 fully saturated rings. The van der Waals surface area contributed by atoms with Crippen LogP contribution in [0.5, 0.6) is 0 Å². The van der Waals surface area contributed by atoms with Gasteiger partial charge in [0.2, 0.25) is 0 Å². The van der Waals surface area contributed by atoms with Crippen molar-refractivity contribution in [2.24, 2.45) is 5.73 Å². The van der Waals surface area contributed by atoms with Crippen molar-refractivity contribution in [2.75, 3.05) is 13.1 Å². The van der Waals surface area contributed by atoms with Gasteiger partial charge in [-0.25, -0.2) is 9.37 Å². The van der Waals surface area contributed by atoms with Crippen LogP contribution in [-0.4, -0.2) is 28.9 Å². The number of hydrogen-bond donors (Lipinski definition) is 1. The fraction of sp³-hybridized carbons (Fsp3) is 0.304. The van der Waals surface area contributed by atoms with Crippen molar-refractivity contribution in [1.82, 2.24) is 9.88 Å². The van der Waals surface area contributed by atoms with E-state index in [1.165, 1.54) is 11.6 Å². The Morgan fingerprint density at radius 1 is 1.10 bits per heavy atom. The number of aryl methyl sites for hydroxylation is 2. The molecule has 0 saturated carbocycles. The molecule has 0 saturated heterocycles. The summed E-state index contributed by atoms with van der Waals surface area (Å²) in [7, 11) is 0. The van der Waals surface area contributed by atoms with Crippen molar-refractivity contribution in [3.63, 3.8) is 0 Å². The first-order valence-electron chi connectivity index (χ1n) is 9.93. The zero-order chi connectivity index (χ0) is 20.2. The van der Waals surface area contributed by atoms with Gasteiger partial charge < -0.3 is 15.1 Å². The average Bonchev–Trinajstić information content (AvgIpc) is 3.16. The number of fused-ring (bicyclic) bond motifs is 1. The quantitative estimate of drug-likeness (QED) is 0.648. The predicted octanol–water partition coefficient (Wildman–Crippen LogP) is 3.72. The lowest BCUT2D eigenvalue weighted by molar-refractivity contribution is 0.0723. The van der Waals surface area contributed by atoms with Crippen LogP contribution in [0.1, 0.15) is 38.8 Å². The van der Waals surface area contributed by atoms with Gasteiger partial charge in [-0.3, -0.25) is 4.79 Å². The van der Waals surface area contributed by atoms with Gasteiger partial charge in [-0.15, -0.1) is 12.4 Å². The Kier molecular flexibility index (Phi) is 7.24. The minimum absolute atomic E-state index is 0. The number of halogens is 2. The molecule has 0 unspecified atom stereocenters. The molecule has 1 amide bonds. The van der Waals surface area contributed by atoms with E-state index < -0.39 is 5.82 Å². The highest BCUT2D eigenvalue weighted by molar-refractivity contribution is 5.94. The van der Waals surface area contributed by atoms with Gasteiger partial charge in [-0.2, -0.15) is 0 Å². The molecule has 5 nitrogen and oxygen atoms in total. The smallest absolute Gasteiger partial charge is 0.257 e. The van der Waals surface area contributed by atoms with E-state index in [1.54, 1.807) is 17.0 Å². The molecule has 0 spiro atoms. The van der Waals surface area contributed by atoms with E-state index >= 15 is 0 Å². The van der Waals surface area contributed by atoms with Crippen LogP contribution in [0, 0.1) is 5.82 Å². The minimum Gasteiger partial charge on any atom is -0.445 e. The van der Waals surface area contributed by atoms with Crippen molar-refractivity contribution >= 4 is 18.3 Å². The normalized spacial score (nSPS) is 12.9. The van der Waals surface area contributed by atoms with Crippen LogP contribution in [0.2, 0.25) is 0 Å². The summed E-state index contributed by atoms with van der Waals surface area (Å²) < 4.78 is 20.2.